The van der Waals surface area contributed by atoms with Crippen LogP contribution in [0.3, 0.4) is 0 Å². The fourth-order valence-electron chi connectivity index (χ4n) is 2.26. The van der Waals surface area contributed by atoms with E-state index in [1.54, 1.807) is 12.1 Å². The number of nitrogens with zero attached hydrogens (tertiary/aromatic N) is 1. The summed E-state index contributed by atoms with van der Waals surface area (Å²) in [5.74, 6) is 0. The normalized spacial score (nSPS) is 10.8. The van der Waals surface area contributed by atoms with E-state index in [0.29, 0.717) is 13.1 Å². The van der Waals surface area contributed by atoms with Gasteiger partial charge >= 0.3 is 0 Å². The molecule has 0 atom stereocenters. The third-order valence-electron chi connectivity index (χ3n) is 3.33. The minimum atomic E-state index is -2.41. The Balaban J connectivity index is 0.00000242. The minimum Gasteiger partial charge on any atom is -0.329 e. The number of halogens is 3. The molecule has 0 aliphatic carbocycles. The fraction of sp³-hybridized carbons (Fsp3) is 0.294. The molecule has 0 amide bonds. The highest BCUT2D eigenvalue weighted by molar-refractivity contribution is 5.85. The quantitative estimate of drug-likeness (QED) is 0.833. The lowest BCUT2D eigenvalue weighted by atomic mass is 10.1. The lowest BCUT2D eigenvalue weighted by molar-refractivity contribution is 0.151. The van der Waals surface area contributed by atoms with Gasteiger partial charge in [0, 0.05) is 31.7 Å². The zero-order valence-corrected chi connectivity index (χ0v) is 13.1. The molecule has 0 radical (unpaired) electrons. The summed E-state index contributed by atoms with van der Waals surface area (Å²) in [5.41, 5.74) is 7.96. The van der Waals surface area contributed by atoms with Crippen LogP contribution in [0.1, 0.15) is 23.1 Å². The van der Waals surface area contributed by atoms with Gasteiger partial charge < -0.3 is 5.73 Å². The Morgan fingerprint density at radius 2 is 1.41 bits per heavy atom. The van der Waals surface area contributed by atoms with Gasteiger partial charge in [-0.3, -0.25) is 4.90 Å². The van der Waals surface area contributed by atoms with Crippen molar-refractivity contribution >= 4 is 12.4 Å². The van der Waals surface area contributed by atoms with Crippen molar-refractivity contribution in [1.82, 2.24) is 4.90 Å². The molecule has 0 heterocycles. The Hall–Kier alpha value is -1.49. The molecule has 120 valence electrons. The molecule has 2 N–H and O–H groups in total. The predicted octanol–water partition coefficient (Wildman–Crippen LogP) is 4.01. The van der Waals surface area contributed by atoms with Crippen LogP contribution < -0.4 is 5.73 Å². The van der Waals surface area contributed by atoms with Gasteiger partial charge in [-0.2, -0.15) is 0 Å². The smallest absolute Gasteiger partial charge is 0.263 e. The monoisotopic (exact) mass is 326 g/mol. The highest BCUT2D eigenvalue weighted by Gasteiger charge is 2.09. The van der Waals surface area contributed by atoms with Crippen LogP contribution in [-0.4, -0.2) is 18.0 Å². The van der Waals surface area contributed by atoms with Gasteiger partial charge in [-0.25, -0.2) is 8.78 Å². The van der Waals surface area contributed by atoms with E-state index in [1.165, 1.54) is 17.7 Å². The van der Waals surface area contributed by atoms with Gasteiger partial charge in [0.15, 0.2) is 0 Å². The van der Waals surface area contributed by atoms with Crippen molar-refractivity contribution in [2.75, 3.05) is 13.1 Å². The summed E-state index contributed by atoms with van der Waals surface area (Å²) >= 11 is 0. The first-order valence-corrected chi connectivity index (χ1v) is 7.02. The molecule has 0 spiro atoms. The third kappa shape index (κ3) is 5.72. The first-order valence-electron chi connectivity index (χ1n) is 7.02. The Bertz CT molecular complexity index is 532. The molecule has 0 aliphatic heterocycles. The van der Waals surface area contributed by atoms with Crippen LogP contribution in [0.2, 0.25) is 0 Å². The van der Waals surface area contributed by atoms with Crippen LogP contribution in [0, 0.1) is 0 Å². The highest BCUT2D eigenvalue weighted by atomic mass is 35.5. The number of hydrogen-bond acceptors (Lipinski definition) is 2. The van der Waals surface area contributed by atoms with Gasteiger partial charge in [-0.15, -0.1) is 12.4 Å². The molecule has 0 fully saturated rings. The fourth-order valence-corrected chi connectivity index (χ4v) is 2.26. The van der Waals surface area contributed by atoms with Crippen molar-refractivity contribution in [3.05, 3.63) is 71.3 Å². The second-order valence-corrected chi connectivity index (χ2v) is 5.03. The van der Waals surface area contributed by atoms with Crippen LogP contribution in [0.25, 0.3) is 0 Å². The summed E-state index contributed by atoms with van der Waals surface area (Å²) in [7, 11) is 0. The summed E-state index contributed by atoms with van der Waals surface area (Å²) < 4.78 is 25.1. The number of nitrogens with two attached hydrogens (primary N) is 1. The summed E-state index contributed by atoms with van der Waals surface area (Å²) in [6, 6.07) is 16.6. The van der Waals surface area contributed by atoms with Gasteiger partial charge in [-0.1, -0.05) is 54.6 Å². The molecule has 0 saturated heterocycles. The van der Waals surface area contributed by atoms with E-state index in [9.17, 15) is 8.78 Å². The SMILES string of the molecule is Cl.NCCN(Cc1ccccc1)Cc1ccc(C(F)F)cc1. The van der Waals surface area contributed by atoms with Gasteiger partial charge in [0.2, 0.25) is 0 Å². The molecule has 0 unspecified atom stereocenters. The number of alkyl halides is 2. The summed E-state index contributed by atoms with van der Waals surface area (Å²) in [4.78, 5) is 2.21. The van der Waals surface area contributed by atoms with Gasteiger partial charge in [0.1, 0.15) is 0 Å². The maximum Gasteiger partial charge on any atom is 0.263 e. The lowest BCUT2D eigenvalue weighted by Crippen LogP contribution is -2.28. The van der Waals surface area contributed by atoms with E-state index >= 15 is 0 Å². The van der Waals surface area contributed by atoms with Crippen molar-refractivity contribution in [3.63, 3.8) is 0 Å². The van der Waals surface area contributed by atoms with Crippen LogP contribution in [0.4, 0.5) is 8.78 Å². The summed E-state index contributed by atoms with van der Waals surface area (Å²) in [6.45, 7) is 2.84. The molecule has 0 bridgehead atoms. The zero-order valence-electron chi connectivity index (χ0n) is 12.3. The van der Waals surface area contributed by atoms with E-state index in [2.05, 4.69) is 17.0 Å². The van der Waals surface area contributed by atoms with E-state index in [-0.39, 0.29) is 18.0 Å². The van der Waals surface area contributed by atoms with Gasteiger partial charge in [0.25, 0.3) is 6.43 Å². The summed E-state index contributed by atoms with van der Waals surface area (Å²) in [5, 5.41) is 0. The molecule has 2 aromatic carbocycles. The van der Waals surface area contributed by atoms with Crippen molar-refractivity contribution in [2.45, 2.75) is 19.5 Å². The Morgan fingerprint density at radius 1 is 0.864 bits per heavy atom. The maximum absolute atomic E-state index is 12.5. The minimum absolute atomic E-state index is 0. The van der Waals surface area contributed by atoms with Crippen molar-refractivity contribution < 1.29 is 8.78 Å². The predicted molar refractivity (Wildman–Crippen MR) is 88.3 cm³/mol. The van der Waals surface area contributed by atoms with Gasteiger partial charge in [-0.05, 0) is 11.1 Å². The zero-order chi connectivity index (χ0) is 15.1. The van der Waals surface area contributed by atoms with Crippen LogP contribution in [0.15, 0.2) is 54.6 Å². The molecule has 0 saturated carbocycles. The topological polar surface area (TPSA) is 29.3 Å². The van der Waals surface area contributed by atoms with Crippen LogP contribution in [0.5, 0.6) is 0 Å². The largest absolute Gasteiger partial charge is 0.329 e. The van der Waals surface area contributed by atoms with Crippen molar-refractivity contribution in [3.8, 4) is 0 Å². The molecular weight excluding hydrogens is 306 g/mol. The molecule has 0 aromatic heterocycles. The summed E-state index contributed by atoms with van der Waals surface area (Å²) in [6.07, 6.45) is -2.41. The first-order chi connectivity index (χ1) is 10.2. The van der Waals surface area contributed by atoms with E-state index < -0.39 is 6.43 Å². The highest BCUT2D eigenvalue weighted by Crippen LogP contribution is 2.19. The average molecular weight is 327 g/mol. The Labute approximate surface area is 136 Å². The maximum atomic E-state index is 12.5. The number of rotatable bonds is 7. The van der Waals surface area contributed by atoms with Crippen LogP contribution in [-0.2, 0) is 13.1 Å². The lowest BCUT2D eigenvalue weighted by Gasteiger charge is -2.22. The molecule has 0 aliphatic rings. The van der Waals surface area contributed by atoms with E-state index in [4.69, 9.17) is 5.73 Å². The molecule has 2 nitrogen and oxygen atoms in total. The molecular formula is C17H21ClF2N2. The van der Waals surface area contributed by atoms with Crippen molar-refractivity contribution in [1.29, 1.82) is 0 Å². The second kappa shape index (κ2) is 9.51. The van der Waals surface area contributed by atoms with Crippen molar-refractivity contribution in [2.24, 2.45) is 5.73 Å². The first kappa shape index (κ1) is 18.6. The third-order valence-corrected chi connectivity index (χ3v) is 3.33. The molecule has 2 aromatic rings. The Morgan fingerprint density at radius 3 is 1.91 bits per heavy atom. The molecule has 2 rings (SSSR count). The van der Waals surface area contributed by atoms with Gasteiger partial charge in [0.05, 0.1) is 0 Å². The molecule has 22 heavy (non-hydrogen) atoms. The number of benzene rings is 2. The number of hydrogen-bond donors (Lipinski definition) is 1. The Kier molecular flexibility index (Phi) is 8.02. The van der Waals surface area contributed by atoms with E-state index in [0.717, 1.165) is 18.7 Å². The standard InChI is InChI=1S/C17H20F2N2.ClH/c18-17(19)16-8-6-15(7-9-16)13-21(11-10-20)12-14-4-2-1-3-5-14;/h1-9,17H,10-13,20H2;1H. The average Bonchev–Trinajstić information content (AvgIpc) is 2.49. The molecule has 5 heteroatoms. The second-order valence-electron chi connectivity index (χ2n) is 5.03. The van der Waals surface area contributed by atoms with E-state index in [1.807, 2.05) is 18.2 Å². The van der Waals surface area contributed by atoms with Crippen LogP contribution >= 0.6 is 12.4 Å².